The van der Waals surface area contributed by atoms with E-state index in [1.54, 1.807) is 24.3 Å². The summed E-state index contributed by atoms with van der Waals surface area (Å²) < 4.78 is 5.50. The average molecular weight is 317 g/mol. The van der Waals surface area contributed by atoms with Crippen molar-refractivity contribution in [3.63, 3.8) is 0 Å². The normalized spacial score (nSPS) is 10.8. The Morgan fingerprint density at radius 1 is 1.14 bits per heavy atom. The Balaban J connectivity index is 1.98. The fraction of sp³-hybridized carbons (Fsp3) is 0.167. The summed E-state index contributed by atoms with van der Waals surface area (Å²) in [5.41, 5.74) is 1.17. The summed E-state index contributed by atoms with van der Waals surface area (Å²) in [6, 6.07) is 13.9. The van der Waals surface area contributed by atoms with Crippen molar-refractivity contribution >= 4 is 23.5 Å². The van der Waals surface area contributed by atoms with Crippen LogP contribution < -0.4 is 4.74 Å². The number of carbonyl (C=O) groups excluding carboxylic acids is 1. The maximum atomic E-state index is 12.0. The summed E-state index contributed by atoms with van der Waals surface area (Å²) in [6.45, 7) is 0.588. The van der Waals surface area contributed by atoms with Crippen molar-refractivity contribution in [2.24, 2.45) is 0 Å². The summed E-state index contributed by atoms with van der Waals surface area (Å²) in [7, 11) is 0. The van der Waals surface area contributed by atoms with Gasteiger partial charge in [0.05, 0.1) is 12.2 Å². The molecule has 0 aromatic heterocycles. The number of phenolic OH excluding ortho intramolecular Hbond substituents is 1. The number of allylic oxidation sites excluding steroid dienone is 1. The number of rotatable bonds is 7. The standard InChI is InChI=1S/C18H17ClO3/c19-12-3-13-22-15-9-6-14(7-10-15)8-11-18(21)16-4-1-2-5-17(16)20/h1-2,4-11,20H,3,12-13H2/b11-8+. The van der Waals surface area contributed by atoms with Crippen molar-refractivity contribution in [3.8, 4) is 11.5 Å². The predicted molar refractivity (Wildman–Crippen MR) is 88.7 cm³/mol. The number of ether oxygens (including phenoxy) is 1. The molecule has 0 heterocycles. The van der Waals surface area contributed by atoms with Crippen LogP contribution in [0.1, 0.15) is 22.3 Å². The van der Waals surface area contributed by atoms with Crippen molar-refractivity contribution in [1.29, 1.82) is 0 Å². The quantitative estimate of drug-likeness (QED) is 0.358. The lowest BCUT2D eigenvalue weighted by Crippen LogP contribution is -1.97. The molecule has 0 unspecified atom stereocenters. The molecule has 2 aromatic rings. The van der Waals surface area contributed by atoms with Crippen LogP contribution in [0, 0.1) is 0 Å². The van der Waals surface area contributed by atoms with Crippen LogP contribution in [-0.2, 0) is 0 Å². The minimum atomic E-state index is -0.236. The van der Waals surface area contributed by atoms with Crippen molar-refractivity contribution in [3.05, 3.63) is 65.7 Å². The predicted octanol–water partition coefficient (Wildman–Crippen LogP) is 4.30. The molecular formula is C18H17ClO3. The maximum Gasteiger partial charge on any atom is 0.189 e. The number of aromatic hydroxyl groups is 1. The van der Waals surface area contributed by atoms with E-state index in [1.807, 2.05) is 24.3 Å². The molecule has 0 aliphatic carbocycles. The van der Waals surface area contributed by atoms with Gasteiger partial charge in [0.25, 0.3) is 0 Å². The number of carbonyl (C=O) groups is 1. The van der Waals surface area contributed by atoms with Gasteiger partial charge in [-0.3, -0.25) is 4.79 Å². The molecule has 0 bridgehead atoms. The number of hydrogen-bond donors (Lipinski definition) is 1. The lowest BCUT2D eigenvalue weighted by molar-refractivity contribution is 0.104. The first kappa shape index (κ1) is 16.1. The third-order valence-corrected chi connectivity index (χ3v) is 3.29. The van der Waals surface area contributed by atoms with Gasteiger partial charge in [0.15, 0.2) is 5.78 Å². The Kier molecular flexibility index (Phi) is 6.04. The minimum absolute atomic E-state index is 0.0137. The Morgan fingerprint density at radius 3 is 2.55 bits per heavy atom. The molecular weight excluding hydrogens is 300 g/mol. The van der Waals surface area contributed by atoms with Gasteiger partial charge in [-0.25, -0.2) is 0 Å². The van der Waals surface area contributed by atoms with E-state index in [4.69, 9.17) is 16.3 Å². The number of ketones is 1. The third kappa shape index (κ3) is 4.64. The van der Waals surface area contributed by atoms with Crippen molar-refractivity contribution in [1.82, 2.24) is 0 Å². The monoisotopic (exact) mass is 316 g/mol. The highest BCUT2D eigenvalue weighted by Crippen LogP contribution is 2.18. The van der Waals surface area contributed by atoms with Gasteiger partial charge in [-0.2, -0.15) is 0 Å². The molecule has 2 rings (SSSR count). The molecule has 114 valence electrons. The van der Waals surface area contributed by atoms with E-state index >= 15 is 0 Å². The molecule has 0 saturated heterocycles. The van der Waals surface area contributed by atoms with Crippen molar-refractivity contribution in [2.45, 2.75) is 6.42 Å². The van der Waals surface area contributed by atoms with E-state index in [0.717, 1.165) is 17.7 Å². The van der Waals surface area contributed by atoms with Gasteiger partial charge in [-0.05, 0) is 42.3 Å². The Hall–Kier alpha value is -2.26. The molecule has 0 saturated carbocycles. The number of alkyl halides is 1. The second-order valence-electron chi connectivity index (χ2n) is 4.67. The largest absolute Gasteiger partial charge is 0.507 e. The highest BCUT2D eigenvalue weighted by molar-refractivity contribution is 6.17. The van der Waals surface area contributed by atoms with Crippen LogP contribution in [0.15, 0.2) is 54.6 Å². The zero-order chi connectivity index (χ0) is 15.8. The van der Waals surface area contributed by atoms with Crippen molar-refractivity contribution < 1.29 is 14.6 Å². The molecule has 0 aliphatic rings. The van der Waals surface area contributed by atoms with E-state index < -0.39 is 0 Å². The Labute approximate surface area is 134 Å². The summed E-state index contributed by atoms with van der Waals surface area (Å²) in [4.78, 5) is 12.0. The van der Waals surface area contributed by atoms with Crippen LogP contribution in [0.25, 0.3) is 6.08 Å². The van der Waals surface area contributed by atoms with E-state index in [0.29, 0.717) is 18.1 Å². The fourth-order valence-corrected chi connectivity index (χ4v) is 1.97. The van der Waals surface area contributed by atoms with Crippen LogP contribution in [-0.4, -0.2) is 23.4 Å². The molecule has 0 fully saturated rings. The van der Waals surface area contributed by atoms with Gasteiger partial charge >= 0.3 is 0 Å². The van der Waals surface area contributed by atoms with Crippen LogP contribution in [0.2, 0.25) is 0 Å². The average Bonchev–Trinajstić information content (AvgIpc) is 2.54. The van der Waals surface area contributed by atoms with E-state index in [2.05, 4.69) is 0 Å². The van der Waals surface area contributed by atoms with E-state index in [9.17, 15) is 9.90 Å². The van der Waals surface area contributed by atoms with Crippen LogP contribution in [0.5, 0.6) is 11.5 Å². The summed E-state index contributed by atoms with van der Waals surface area (Å²) in [6.07, 6.45) is 3.95. The van der Waals surface area contributed by atoms with E-state index in [1.165, 1.54) is 12.1 Å². The van der Waals surface area contributed by atoms with Crippen molar-refractivity contribution in [2.75, 3.05) is 12.5 Å². The smallest absolute Gasteiger partial charge is 0.189 e. The van der Waals surface area contributed by atoms with Crippen LogP contribution >= 0.6 is 11.6 Å². The van der Waals surface area contributed by atoms with Gasteiger partial charge in [0.1, 0.15) is 11.5 Å². The van der Waals surface area contributed by atoms with Crippen LogP contribution in [0.4, 0.5) is 0 Å². The van der Waals surface area contributed by atoms with Gasteiger partial charge in [0, 0.05) is 5.88 Å². The number of halogens is 1. The highest BCUT2D eigenvalue weighted by atomic mass is 35.5. The van der Waals surface area contributed by atoms with Crippen LogP contribution in [0.3, 0.4) is 0 Å². The Bertz CT molecular complexity index is 648. The zero-order valence-corrected chi connectivity index (χ0v) is 12.8. The minimum Gasteiger partial charge on any atom is -0.507 e. The summed E-state index contributed by atoms with van der Waals surface area (Å²) in [5, 5.41) is 9.64. The van der Waals surface area contributed by atoms with Gasteiger partial charge < -0.3 is 9.84 Å². The van der Waals surface area contributed by atoms with Gasteiger partial charge in [0.2, 0.25) is 0 Å². The second kappa shape index (κ2) is 8.25. The first-order valence-electron chi connectivity index (χ1n) is 7.00. The molecule has 0 amide bonds. The summed E-state index contributed by atoms with van der Waals surface area (Å²) >= 11 is 5.59. The molecule has 0 aliphatic heterocycles. The maximum absolute atomic E-state index is 12.0. The van der Waals surface area contributed by atoms with Gasteiger partial charge in [-0.15, -0.1) is 11.6 Å². The Morgan fingerprint density at radius 2 is 1.86 bits per heavy atom. The molecule has 0 radical (unpaired) electrons. The van der Waals surface area contributed by atoms with Gasteiger partial charge in [-0.1, -0.05) is 30.3 Å². The molecule has 22 heavy (non-hydrogen) atoms. The first-order valence-corrected chi connectivity index (χ1v) is 7.53. The molecule has 1 N–H and O–H groups in total. The SMILES string of the molecule is O=C(/C=C/c1ccc(OCCCCl)cc1)c1ccccc1O. The number of hydrogen-bond acceptors (Lipinski definition) is 3. The second-order valence-corrected chi connectivity index (χ2v) is 5.05. The molecule has 0 atom stereocenters. The highest BCUT2D eigenvalue weighted by Gasteiger charge is 2.06. The zero-order valence-electron chi connectivity index (χ0n) is 12.0. The summed E-state index contributed by atoms with van der Waals surface area (Å²) in [5.74, 6) is 1.10. The topological polar surface area (TPSA) is 46.5 Å². The first-order chi connectivity index (χ1) is 10.7. The van der Waals surface area contributed by atoms with E-state index in [-0.39, 0.29) is 11.5 Å². The molecule has 0 spiro atoms. The molecule has 4 heteroatoms. The molecule has 2 aromatic carbocycles. The lowest BCUT2D eigenvalue weighted by Gasteiger charge is -2.04. The fourth-order valence-electron chi connectivity index (χ4n) is 1.86. The number of phenols is 1. The lowest BCUT2D eigenvalue weighted by atomic mass is 10.1. The number of para-hydroxylation sites is 1. The number of benzene rings is 2. The molecule has 3 nitrogen and oxygen atoms in total. The third-order valence-electron chi connectivity index (χ3n) is 3.02.